The molecule has 1 aliphatic heterocycles. The number of aromatic nitrogens is 2. The molecule has 0 bridgehead atoms. The van der Waals surface area contributed by atoms with Crippen molar-refractivity contribution >= 4 is 28.7 Å². The van der Waals surface area contributed by atoms with Crippen LogP contribution in [-0.2, 0) is 12.8 Å². The molecule has 0 radical (unpaired) electrons. The largest absolute Gasteiger partial charge is 0.346 e. The van der Waals surface area contributed by atoms with Gasteiger partial charge in [-0.15, -0.1) is 5.10 Å². The Kier molecular flexibility index (Phi) is 2.94. The van der Waals surface area contributed by atoms with E-state index in [0.29, 0.717) is 0 Å². The lowest BCUT2D eigenvalue weighted by atomic mass is 10.0. The summed E-state index contributed by atoms with van der Waals surface area (Å²) in [7, 11) is 0. The maximum Gasteiger partial charge on any atom is 0.206 e. The number of aromatic amines is 1. The Hall–Kier alpha value is -1.20. The molecule has 2 heterocycles. The van der Waals surface area contributed by atoms with E-state index in [0.717, 1.165) is 35.0 Å². The second kappa shape index (κ2) is 4.58. The zero-order valence-corrected chi connectivity index (χ0v) is 11.0. The second-order valence-corrected chi connectivity index (χ2v) is 5.80. The van der Waals surface area contributed by atoms with Crippen LogP contribution >= 0.6 is 23.6 Å². The minimum atomic E-state index is 0.752. The van der Waals surface area contributed by atoms with Gasteiger partial charge < -0.3 is 4.90 Å². The summed E-state index contributed by atoms with van der Waals surface area (Å²) in [5.41, 5.74) is 2.93. The molecule has 0 aliphatic carbocycles. The predicted octanol–water partition coefficient (Wildman–Crippen LogP) is 2.81. The highest BCUT2D eigenvalue weighted by Gasteiger charge is 2.15. The van der Waals surface area contributed by atoms with Gasteiger partial charge in [-0.05, 0) is 36.2 Å². The van der Waals surface area contributed by atoms with E-state index in [1.54, 1.807) is 11.3 Å². The summed E-state index contributed by atoms with van der Waals surface area (Å²) in [6.07, 6.45) is 2.17. The second-order valence-electron chi connectivity index (χ2n) is 4.15. The van der Waals surface area contributed by atoms with Gasteiger partial charge in [0.15, 0.2) is 3.95 Å². The maximum atomic E-state index is 5.08. The van der Waals surface area contributed by atoms with Gasteiger partial charge >= 0.3 is 0 Å². The average Bonchev–Trinajstić information content (AvgIpc) is 2.66. The Bertz CT molecular complexity index is 546. The number of fused-ring (bicyclic) bond motifs is 1. The minimum absolute atomic E-state index is 0.752. The zero-order chi connectivity index (χ0) is 11.7. The quantitative estimate of drug-likeness (QED) is 0.803. The Labute approximate surface area is 109 Å². The lowest BCUT2D eigenvalue weighted by Crippen LogP contribution is -2.25. The topological polar surface area (TPSA) is 31.9 Å². The number of hydrogen-bond donors (Lipinski definition) is 1. The van der Waals surface area contributed by atoms with E-state index in [-0.39, 0.29) is 0 Å². The van der Waals surface area contributed by atoms with Crippen LogP contribution in [0.5, 0.6) is 0 Å². The average molecular weight is 263 g/mol. The van der Waals surface area contributed by atoms with Crippen molar-refractivity contribution in [2.24, 2.45) is 0 Å². The van der Waals surface area contributed by atoms with Crippen molar-refractivity contribution in [1.29, 1.82) is 0 Å². The highest BCUT2D eigenvalue weighted by atomic mass is 32.1. The molecule has 17 heavy (non-hydrogen) atoms. The lowest BCUT2D eigenvalue weighted by molar-refractivity contribution is 0.792. The van der Waals surface area contributed by atoms with E-state index in [4.69, 9.17) is 12.2 Å². The molecule has 0 saturated heterocycles. The number of benzene rings is 1. The fourth-order valence-electron chi connectivity index (χ4n) is 2.22. The summed E-state index contributed by atoms with van der Waals surface area (Å²) >= 11 is 6.64. The molecule has 0 saturated carbocycles. The van der Waals surface area contributed by atoms with Gasteiger partial charge in [0.2, 0.25) is 5.13 Å². The summed E-state index contributed by atoms with van der Waals surface area (Å²) < 4.78 is 0.752. The number of hydrogen-bond acceptors (Lipinski definition) is 4. The summed E-state index contributed by atoms with van der Waals surface area (Å²) in [6.45, 7) is 2.04. The smallest absolute Gasteiger partial charge is 0.206 e. The van der Waals surface area contributed by atoms with Gasteiger partial charge in [-0.1, -0.05) is 35.6 Å². The highest BCUT2D eigenvalue weighted by Crippen LogP contribution is 2.22. The minimum Gasteiger partial charge on any atom is -0.346 e. The van der Waals surface area contributed by atoms with Crippen LogP contribution in [0.15, 0.2) is 24.3 Å². The molecule has 5 heteroatoms. The molecule has 1 aliphatic rings. The first-order chi connectivity index (χ1) is 8.33. The van der Waals surface area contributed by atoms with Crippen molar-refractivity contribution in [3.63, 3.8) is 0 Å². The van der Waals surface area contributed by atoms with Crippen molar-refractivity contribution in [2.75, 3.05) is 18.0 Å². The Balaban J connectivity index is 1.84. The lowest BCUT2D eigenvalue weighted by Gasteiger charge is -2.17. The number of nitrogens with one attached hydrogen (secondary N) is 1. The Morgan fingerprint density at radius 1 is 1.18 bits per heavy atom. The number of rotatable bonds is 1. The molecule has 0 spiro atoms. The van der Waals surface area contributed by atoms with E-state index >= 15 is 0 Å². The first-order valence-corrected chi connectivity index (χ1v) is 6.92. The van der Waals surface area contributed by atoms with Gasteiger partial charge in [-0.2, -0.15) is 0 Å². The zero-order valence-electron chi connectivity index (χ0n) is 9.35. The predicted molar refractivity (Wildman–Crippen MR) is 73.4 cm³/mol. The molecule has 0 fully saturated rings. The molecule has 88 valence electrons. The van der Waals surface area contributed by atoms with Crippen LogP contribution in [0, 0.1) is 3.95 Å². The number of H-pyrrole nitrogens is 1. The fourth-order valence-corrected chi connectivity index (χ4v) is 3.15. The molecular weight excluding hydrogens is 250 g/mol. The maximum absolute atomic E-state index is 5.08. The van der Waals surface area contributed by atoms with E-state index in [1.807, 2.05) is 0 Å². The molecule has 3 nitrogen and oxygen atoms in total. The molecule has 1 N–H and O–H groups in total. The van der Waals surface area contributed by atoms with Crippen molar-refractivity contribution in [3.05, 3.63) is 39.3 Å². The van der Waals surface area contributed by atoms with Crippen LogP contribution in [0.3, 0.4) is 0 Å². The molecule has 3 rings (SSSR count). The third-order valence-electron chi connectivity index (χ3n) is 3.12. The van der Waals surface area contributed by atoms with Crippen molar-refractivity contribution in [2.45, 2.75) is 12.8 Å². The first-order valence-electron chi connectivity index (χ1n) is 5.70. The third-order valence-corrected chi connectivity index (χ3v) is 4.27. The van der Waals surface area contributed by atoms with Gasteiger partial charge in [0.05, 0.1) is 0 Å². The Morgan fingerprint density at radius 3 is 2.35 bits per heavy atom. The molecule has 1 aromatic heterocycles. The van der Waals surface area contributed by atoms with Gasteiger partial charge in [-0.3, -0.25) is 5.10 Å². The number of nitrogens with zero attached hydrogens (tertiary/aromatic N) is 2. The van der Waals surface area contributed by atoms with Crippen molar-refractivity contribution in [3.8, 4) is 0 Å². The molecule has 2 aromatic rings. The normalized spacial score (nSPS) is 15.4. The molecule has 1 aromatic carbocycles. The number of anilines is 1. The van der Waals surface area contributed by atoms with Crippen molar-refractivity contribution < 1.29 is 0 Å². The van der Waals surface area contributed by atoms with Crippen LogP contribution in [-0.4, -0.2) is 23.3 Å². The van der Waals surface area contributed by atoms with Gasteiger partial charge in [0.1, 0.15) is 0 Å². The van der Waals surface area contributed by atoms with Gasteiger partial charge in [0.25, 0.3) is 0 Å². The SMILES string of the molecule is S=c1[nH]nc(N2CCc3ccccc3CC2)s1. The summed E-state index contributed by atoms with van der Waals surface area (Å²) in [6, 6.07) is 8.69. The fraction of sp³-hybridized carbons (Fsp3) is 0.333. The molecule has 0 amide bonds. The van der Waals surface area contributed by atoms with Gasteiger partial charge in [-0.25, -0.2) is 0 Å². The summed E-state index contributed by atoms with van der Waals surface area (Å²) in [5, 5.41) is 8.12. The first kappa shape index (κ1) is 10.9. The monoisotopic (exact) mass is 263 g/mol. The third kappa shape index (κ3) is 2.25. The van der Waals surface area contributed by atoms with E-state index in [2.05, 4.69) is 39.4 Å². The van der Waals surface area contributed by atoms with E-state index < -0.39 is 0 Å². The highest BCUT2D eigenvalue weighted by molar-refractivity contribution is 7.73. The summed E-state index contributed by atoms with van der Waals surface area (Å²) in [5.74, 6) is 0. The van der Waals surface area contributed by atoms with Gasteiger partial charge in [0, 0.05) is 13.1 Å². The van der Waals surface area contributed by atoms with Crippen molar-refractivity contribution in [1.82, 2.24) is 10.2 Å². The van der Waals surface area contributed by atoms with Crippen LogP contribution in [0.2, 0.25) is 0 Å². The Morgan fingerprint density at radius 2 is 1.82 bits per heavy atom. The molecule has 0 atom stereocenters. The standard InChI is InChI=1S/C12H13N3S2/c16-12-14-13-11(17-12)15-7-5-9-3-1-2-4-10(9)6-8-15/h1-4H,5-8H2,(H,14,16). The molecule has 0 unspecified atom stereocenters. The summed E-state index contributed by atoms with van der Waals surface area (Å²) in [4.78, 5) is 2.32. The van der Waals surface area contributed by atoms with Crippen LogP contribution in [0.25, 0.3) is 0 Å². The van der Waals surface area contributed by atoms with Crippen LogP contribution in [0.4, 0.5) is 5.13 Å². The van der Waals surface area contributed by atoms with E-state index in [1.165, 1.54) is 11.1 Å². The van der Waals surface area contributed by atoms with Crippen LogP contribution < -0.4 is 4.90 Å². The molecular formula is C12H13N3S2. The van der Waals surface area contributed by atoms with E-state index in [9.17, 15) is 0 Å². The van der Waals surface area contributed by atoms with Crippen LogP contribution in [0.1, 0.15) is 11.1 Å².